The summed E-state index contributed by atoms with van der Waals surface area (Å²) in [6, 6.07) is -1.58. The molecular weight excluding hydrogens is 336 g/mol. The number of halogens is 3. The number of hydrogen-bond acceptors (Lipinski definition) is 5. The van der Waals surface area contributed by atoms with Crippen LogP contribution in [-0.2, 0) is 19.1 Å². The van der Waals surface area contributed by atoms with Crippen molar-refractivity contribution in [1.29, 1.82) is 0 Å². The van der Waals surface area contributed by atoms with Crippen LogP contribution in [-0.4, -0.2) is 45.7 Å². The topological polar surface area (TPSA) is 102 Å². The molecule has 0 spiro atoms. The van der Waals surface area contributed by atoms with Gasteiger partial charge in [-0.2, -0.15) is 0 Å². The molecular formula is C10H12Cl3NO6. The van der Waals surface area contributed by atoms with E-state index in [-0.39, 0.29) is 0 Å². The van der Waals surface area contributed by atoms with E-state index in [2.05, 4.69) is 16.1 Å². The van der Waals surface area contributed by atoms with Gasteiger partial charge >= 0.3 is 18.0 Å². The molecule has 2 unspecified atom stereocenters. The Labute approximate surface area is 129 Å². The van der Waals surface area contributed by atoms with E-state index in [0.29, 0.717) is 0 Å². The van der Waals surface area contributed by atoms with E-state index < -0.39 is 40.6 Å². The van der Waals surface area contributed by atoms with Gasteiger partial charge in [0.1, 0.15) is 6.61 Å². The molecule has 0 aliphatic heterocycles. The number of carbonyl (C=O) groups is 3. The molecule has 2 N–H and O–H groups in total. The Morgan fingerprint density at radius 1 is 1.40 bits per heavy atom. The molecule has 0 saturated carbocycles. The maximum absolute atomic E-state index is 11.4. The molecule has 0 saturated heterocycles. The molecule has 0 aromatic carbocycles. The Morgan fingerprint density at radius 2 is 1.95 bits per heavy atom. The number of esters is 1. The largest absolute Gasteiger partial charge is 0.480 e. The minimum absolute atomic E-state index is 0.581. The van der Waals surface area contributed by atoms with Gasteiger partial charge in [-0.05, 0) is 6.08 Å². The highest BCUT2D eigenvalue weighted by atomic mass is 35.6. The van der Waals surface area contributed by atoms with E-state index in [4.69, 9.17) is 39.9 Å². The number of amides is 1. The van der Waals surface area contributed by atoms with Crippen molar-refractivity contribution in [2.24, 2.45) is 0 Å². The van der Waals surface area contributed by atoms with Crippen LogP contribution in [0.15, 0.2) is 12.7 Å². The smallest absolute Gasteiger partial charge is 0.408 e. The Balaban J connectivity index is 4.68. The van der Waals surface area contributed by atoms with Crippen LogP contribution in [0.1, 0.15) is 6.92 Å². The zero-order chi connectivity index (χ0) is 15.9. The van der Waals surface area contributed by atoms with Gasteiger partial charge in [-0.15, -0.1) is 0 Å². The van der Waals surface area contributed by atoms with Crippen molar-refractivity contribution in [3.8, 4) is 0 Å². The van der Waals surface area contributed by atoms with Gasteiger partial charge in [0.2, 0.25) is 3.79 Å². The zero-order valence-corrected chi connectivity index (χ0v) is 12.5. The van der Waals surface area contributed by atoms with E-state index in [9.17, 15) is 14.4 Å². The van der Waals surface area contributed by atoms with Crippen molar-refractivity contribution in [2.45, 2.75) is 22.9 Å². The van der Waals surface area contributed by atoms with Crippen molar-refractivity contribution in [2.75, 3.05) is 6.61 Å². The van der Waals surface area contributed by atoms with Gasteiger partial charge in [-0.25, -0.2) is 9.59 Å². The molecule has 0 fully saturated rings. The van der Waals surface area contributed by atoms with E-state index in [1.165, 1.54) is 0 Å². The molecule has 2 atom stereocenters. The lowest BCUT2D eigenvalue weighted by atomic mass is 10.1. The van der Waals surface area contributed by atoms with Gasteiger partial charge in [0.05, 0.1) is 0 Å². The van der Waals surface area contributed by atoms with Crippen LogP contribution < -0.4 is 5.32 Å². The highest BCUT2D eigenvalue weighted by Crippen LogP contribution is 2.25. The molecule has 7 nitrogen and oxygen atoms in total. The second-order valence-corrected chi connectivity index (χ2v) is 5.98. The maximum Gasteiger partial charge on any atom is 0.408 e. The van der Waals surface area contributed by atoms with Gasteiger partial charge in [-0.3, -0.25) is 4.79 Å². The summed E-state index contributed by atoms with van der Waals surface area (Å²) < 4.78 is 7.36. The number of alkyl carbamates (subject to hydrolysis) is 1. The molecule has 20 heavy (non-hydrogen) atoms. The zero-order valence-electron chi connectivity index (χ0n) is 10.3. The standard InChI is InChI=1S/C10H12Cl3NO6/c1-3-6(20-5(2)15)7(8(16)17)14-9(18)19-4-10(11,12)13/h3,6-7H,1,4H2,2H3,(H,14,18)(H,16,17). The number of hydrogen-bond donors (Lipinski definition) is 2. The Hall–Kier alpha value is -1.18. The summed E-state index contributed by atoms with van der Waals surface area (Å²) in [5.74, 6) is -2.19. The first-order chi connectivity index (χ1) is 9.06. The quantitative estimate of drug-likeness (QED) is 0.430. The van der Waals surface area contributed by atoms with Crippen molar-refractivity contribution >= 4 is 52.8 Å². The lowest BCUT2D eigenvalue weighted by molar-refractivity contribution is -0.150. The highest BCUT2D eigenvalue weighted by Gasteiger charge is 2.31. The predicted molar refractivity (Wildman–Crippen MR) is 71.9 cm³/mol. The Morgan fingerprint density at radius 3 is 2.30 bits per heavy atom. The summed E-state index contributed by atoms with van der Waals surface area (Å²) in [5.41, 5.74) is 0. The lowest BCUT2D eigenvalue weighted by Gasteiger charge is -2.21. The summed E-state index contributed by atoms with van der Waals surface area (Å²) in [4.78, 5) is 33.2. The molecule has 0 aromatic rings. The fourth-order valence-corrected chi connectivity index (χ4v) is 1.21. The summed E-state index contributed by atoms with van der Waals surface area (Å²) >= 11 is 16.1. The van der Waals surface area contributed by atoms with Gasteiger partial charge in [0.15, 0.2) is 12.1 Å². The van der Waals surface area contributed by atoms with E-state index in [1.807, 2.05) is 5.32 Å². The number of rotatable bonds is 6. The summed E-state index contributed by atoms with van der Waals surface area (Å²) in [6.45, 7) is 3.81. The second-order valence-electron chi connectivity index (χ2n) is 3.46. The number of carboxylic acids is 1. The number of ether oxygens (including phenoxy) is 2. The molecule has 1 amide bonds. The normalized spacial score (nSPS) is 13.8. The molecule has 0 bridgehead atoms. The molecule has 0 radical (unpaired) electrons. The average Bonchev–Trinajstić information content (AvgIpc) is 2.29. The van der Waals surface area contributed by atoms with Gasteiger partial charge in [-0.1, -0.05) is 41.4 Å². The molecule has 0 heterocycles. The third kappa shape index (κ3) is 8.08. The molecule has 0 rings (SSSR count). The van der Waals surface area contributed by atoms with Crippen LogP contribution >= 0.6 is 34.8 Å². The first-order valence-electron chi connectivity index (χ1n) is 5.09. The first-order valence-corrected chi connectivity index (χ1v) is 6.23. The fraction of sp³-hybridized carbons (Fsp3) is 0.500. The minimum Gasteiger partial charge on any atom is -0.480 e. The molecule has 114 valence electrons. The van der Waals surface area contributed by atoms with Crippen LogP contribution in [0.2, 0.25) is 0 Å². The molecule has 10 heteroatoms. The predicted octanol–water partition coefficient (Wildman–Crippen LogP) is 1.65. The van der Waals surface area contributed by atoms with E-state index in [1.54, 1.807) is 0 Å². The lowest BCUT2D eigenvalue weighted by Crippen LogP contribution is -2.50. The molecule has 0 aliphatic rings. The van der Waals surface area contributed by atoms with Crippen LogP contribution in [0.3, 0.4) is 0 Å². The molecule has 0 aromatic heterocycles. The van der Waals surface area contributed by atoms with Crippen LogP contribution in [0.4, 0.5) is 4.79 Å². The Bertz CT molecular complexity index is 395. The summed E-state index contributed by atoms with van der Waals surface area (Å²) in [7, 11) is 0. The van der Waals surface area contributed by atoms with Gasteiger partial charge in [0.25, 0.3) is 0 Å². The number of carbonyl (C=O) groups excluding carboxylic acids is 2. The summed E-state index contributed by atoms with van der Waals surface area (Å²) in [6.07, 6.45) is -1.37. The van der Waals surface area contributed by atoms with Crippen molar-refractivity contribution in [3.05, 3.63) is 12.7 Å². The Kier molecular flexibility index (Phi) is 7.70. The second kappa shape index (κ2) is 8.18. The van der Waals surface area contributed by atoms with Gasteiger partial charge < -0.3 is 19.9 Å². The average molecular weight is 349 g/mol. The maximum atomic E-state index is 11.4. The van der Waals surface area contributed by atoms with Crippen LogP contribution in [0.5, 0.6) is 0 Å². The van der Waals surface area contributed by atoms with E-state index in [0.717, 1.165) is 13.0 Å². The number of nitrogens with one attached hydrogen (secondary N) is 1. The van der Waals surface area contributed by atoms with Crippen molar-refractivity contribution in [3.63, 3.8) is 0 Å². The first kappa shape index (κ1) is 18.8. The highest BCUT2D eigenvalue weighted by molar-refractivity contribution is 6.67. The summed E-state index contributed by atoms with van der Waals surface area (Å²) in [5, 5.41) is 10.9. The third-order valence-corrected chi connectivity index (χ3v) is 2.10. The van der Waals surface area contributed by atoms with Crippen molar-refractivity contribution < 1.29 is 29.0 Å². The third-order valence-electron chi connectivity index (χ3n) is 1.77. The number of carboxylic acid groups (broad SMARTS) is 1. The van der Waals surface area contributed by atoms with E-state index >= 15 is 0 Å². The SMILES string of the molecule is C=CC(OC(C)=O)C(NC(=O)OCC(Cl)(Cl)Cl)C(=O)O. The fourth-order valence-electron chi connectivity index (χ4n) is 1.04. The van der Waals surface area contributed by atoms with Crippen LogP contribution in [0, 0.1) is 0 Å². The number of aliphatic carboxylic acids is 1. The van der Waals surface area contributed by atoms with Crippen LogP contribution in [0.25, 0.3) is 0 Å². The molecule has 0 aliphatic carbocycles. The van der Waals surface area contributed by atoms with Gasteiger partial charge in [0, 0.05) is 6.92 Å². The minimum atomic E-state index is -1.83. The monoisotopic (exact) mass is 347 g/mol. The number of alkyl halides is 3. The van der Waals surface area contributed by atoms with Crippen molar-refractivity contribution in [1.82, 2.24) is 5.32 Å².